The zero-order valence-corrected chi connectivity index (χ0v) is 15.3. The van der Waals surface area contributed by atoms with Gasteiger partial charge in [0.15, 0.2) is 11.5 Å². The Morgan fingerprint density at radius 3 is 2.96 bits per heavy atom. The second-order valence-electron chi connectivity index (χ2n) is 7.28. The molecule has 1 aromatic carbocycles. The Labute approximate surface area is 161 Å². The number of carbonyl (C=O) groups is 1. The second-order valence-corrected chi connectivity index (χ2v) is 7.28. The van der Waals surface area contributed by atoms with Crippen LogP contribution in [0.4, 0.5) is 4.39 Å². The summed E-state index contributed by atoms with van der Waals surface area (Å²) in [6.45, 7) is 0.904. The smallest absolute Gasteiger partial charge is 0.262 e. The van der Waals surface area contributed by atoms with E-state index in [9.17, 15) is 9.18 Å². The third-order valence-electron chi connectivity index (χ3n) is 5.83. The van der Waals surface area contributed by atoms with Gasteiger partial charge in [-0.15, -0.1) is 0 Å². The van der Waals surface area contributed by atoms with Crippen molar-refractivity contribution in [2.75, 3.05) is 20.3 Å². The fraction of sp³-hybridized carbons (Fsp3) is 0.350. The Hall–Kier alpha value is -3.00. The van der Waals surface area contributed by atoms with Crippen LogP contribution in [0.1, 0.15) is 12.0 Å². The van der Waals surface area contributed by atoms with Crippen molar-refractivity contribution in [1.82, 2.24) is 9.88 Å². The summed E-state index contributed by atoms with van der Waals surface area (Å²) in [4.78, 5) is 23.1. The molecule has 1 aromatic heterocycles. The number of aliphatic imine (C=N–C) groups is 1. The monoisotopic (exact) mass is 382 g/mol. The fourth-order valence-corrected chi connectivity index (χ4v) is 4.39. The fourth-order valence-electron chi connectivity index (χ4n) is 4.39. The molecular formula is C20H19FN4O3. The van der Waals surface area contributed by atoms with E-state index in [2.05, 4.69) is 9.98 Å². The Balaban J connectivity index is 1.74. The molecule has 4 heterocycles. The molecule has 2 N–H and O–H groups in total. The van der Waals surface area contributed by atoms with E-state index in [1.54, 1.807) is 37.4 Å². The highest BCUT2D eigenvalue weighted by molar-refractivity contribution is 6.07. The zero-order valence-electron chi connectivity index (χ0n) is 15.3. The van der Waals surface area contributed by atoms with Gasteiger partial charge in [-0.2, -0.15) is 4.39 Å². The molecule has 0 aliphatic carbocycles. The molecule has 28 heavy (non-hydrogen) atoms. The summed E-state index contributed by atoms with van der Waals surface area (Å²) < 4.78 is 26.1. The molecule has 5 rings (SSSR count). The van der Waals surface area contributed by atoms with Gasteiger partial charge < -0.3 is 15.2 Å². The van der Waals surface area contributed by atoms with Gasteiger partial charge in [0.1, 0.15) is 11.9 Å². The predicted octanol–water partition coefficient (Wildman–Crippen LogP) is 1.67. The first-order chi connectivity index (χ1) is 13.5. The normalized spacial score (nSPS) is 28.6. The van der Waals surface area contributed by atoms with Gasteiger partial charge in [-0.25, -0.2) is 9.98 Å². The maximum atomic E-state index is 14.3. The minimum atomic E-state index is -1.23. The van der Waals surface area contributed by atoms with Crippen LogP contribution in [0.25, 0.3) is 11.1 Å². The predicted molar refractivity (Wildman–Crippen MR) is 99.0 cm³/mol. The average molecular weight is 382 g/mol. The lowest BCUT2D eigenvalue weighted by atomic mass is 9.71. The van der Waals surface area contributed by atoms with Gasteiger partial charge in [-0.05, 0) is 29.8 Å². The number of fused-ring (bicyclic) bond motifs is 4. The maximum Gasteiger partial charge on any atom is 0.262 e. The molecule has 3 atom stereocenters. The average Bonchev–Trinajstić information content (AvgIpc) is 2.93. The number of nitrogens with zero attached hydrogens (tertiary/aromatic N) is 3. The van der Waals surface area contributed by atoms with E-state index in [0.29, 0.717) is 42.1 Å². The number of rotatable bonds is 1. The molecule has 1 saturated heterocycles. The van der Waals surface area contributed by atoms with Crippen LogP contribution in [0.3, 0.4) is 0 Å². The molecule has 0 bridgehead atoms. The first-order valence-electron chi connectivity index (χ1n) is 9.15. The third kappa shape index (κ3) is 2.21. The Kier molecular flexibility index (Phi) is 3.67. The first-order valence-corrected chi connectivity index (χ1v) is 9.15. The van der Waals surface area contributed by atoms with Gasteiger partial charge in [-0.3, -0.25) is 9.69 Å². The van der Waals surface area contributed by atoms with E-state index >= 15 is 0 Å². The summed E-state index contributed by atoms with van der Waals surface area (Å²) in [5.74, 6) is -0.390. The topological polar surface area (TPSA) is 90.0 Å². The van der Waals surface area contributed by atoms with Crippen molar-refractivity contribution in [3.63, 3.8) is 0 Å². The van der Waals surface area contributed by atoms with Crippen molar-refractivity contribution in [3.05, 3.63) is 48.0 Å². The standard InChI is InChI=1S/C20H19FN4O3/c1-25-18(26)20(24-19(25)22)13-9-11(12-3-2-7-23-17(12)21)4-5-15(13)28-16-6-8-27-10-14(16)20/h2-5,7,9,14,16H,6,8,10H2,1H3,(H2,22,24)/t14?,16-,20?/m0/s1. The van der Waals surface area contributed by atoms with Crippen LogP contribution in [0.5, 0.6) is 5.75 Å². The number of pyridine rings is 1. The number of amides is 1. The minimum Gasteiger partial charge on any atom is -0.489 e. The number of hydrogen-bond acceptors (Lipinski definition) is 6. The third-order valence-corrected chi connectivity index (χ3v) is 5.83. The summed E-state index contributed by atoms with van der Waals surface area (Å²) in [6, 6.07) is 8.60. The number of guanidine groups is 1. The molecule has 1 spiro atoms. The molecule has 0 saturated carbocycles. The molecule has 8 heteroatoms. The van der Waals surface area contributed by atoms with E-state index in [-0.39, 0.29) is 23.9 Å². The Morgan fingerprint density at radius 2 is 2.21 bits per heavy atom. The molecule has 1 fully saturated rings. The summed E-state index contributed by atoms with van der Waals surface area (Å²) in [6.07, 6.45) is 1.86. The van der Waals surface area contributed by atoms with Crippen LogP contribution in [0.15, 0.2) is 41.5 Å². The molecular weight excluding hydrogens is 363 g/mol. The van der Waals surface area contributed by atoms with Crippen LogP contribution in [0, 0.1) is 11.9 Å². The lowest BCUT2D eigenvalue weighted by Crippen LogP contribution is -2.56. The molecule has 2 unspecified atom stereocenters. The van der Waals surface area contributed by atoms with Crippen LogP contribution in [-0.4, -0.2) is 48.1 Å². The van der Waals surface area contributed by atoms with Crippen molar-refractivity contribution in [1.29, 1.82) is 0 Å². The van der Waals surface area contributed by atoms with E-state index in [1.807, 2.05) is 0 Å². The number of nitrogens with two attached hydrogens (primary N) is 1. The summed E-state index contributed by atoms with van der Waals surface area (Å²) in [7, 11) is 1.61. The molecule has 1 amide bonds. The number of carbonyl (C=O) groups excluding carboxylic acids is 1. The molecule has 3 aliphatic rings. The number of benzene rings is 1. The van der Waals surface area contributed by atoms with Crippen LogP contribution >= 0.6 is 0 Å². The number of ether oxygens (including phenoxy) is 2. The van der Waals surface area contributed by atoms with E-state index in [0.717, 1.165) is 0 Å². The molecule has 0 radical (unpaired) electrons. The van der Waals surface area contributed by atoms with Gasteiger partial charge in [0.05, 0.1) is 19.1 Å². The van der Waals surface area contributed by atoms with E-state index in [4.69, 9.17) is 15.2 Å². The lowest BCUT2D eigenvalue weighted by molar-refractivity contribution is -0.141. The van der Waals surface area contributed by atoms with Crippen molar-refractivity contribution in [2.45, 2.75) is 18.1 Å². The Morgan fingerprint density at radius 1 is 1.36 bits per heavy atom. The van der Waals surface area contributed by atoms with Crippen molar-refractivity contribution in [3.8, 4) is 16.9 Å². The van der Waals surface area contributed by atoms with Crippen LogP contribution in [-0.2, 0) is 15.1 Å². The maximum absolute atomic E-state index is 14.3. The van der Waals surface area contributed by atoms with Crippen LogP contribution in [0.2, 0.25) is 0 Å². The Bertz CT molecular complexity index is 1010. The highest BCUT2D eigenvalue weighted by Gasteiger charge is 2.60. The van der Waals surface area contributed by atoms with Crippen molar-refractivity contribution < 1.29 is 18.7 Å². The SMILES string of the molecule is CN1C(=O)C2(N=C1N)c1cc(-c3cccnc3F)ccc1O[C@H]1CCOCC12. The number of aromatic nitrogens is 1. The van der Waals surface area contributed by atoms with Gasteiger partial charge in [0, 0.05) is 30.8 Å². The molecule has 2 aromatic rings. The zero-order chi connectivity index (χ0) is 19.5. The first kappa shape index (κ1) is 17.1. The summed E-state index contributed by atoms with van der Waals surface area (Å²) in [5.41, 5.74) is 6.32. The lowest BCUT2D eigenvalue weighted by Gasteiger charge is -2.45. The van der Waals surface area contributed by atoms with Crippen LogP contribution < -0.4 is 10.5 Å². The van der Waals surface area contributed by atoms with Gasteiger partial charge in [-0.1, -0.05) is 6.07 Å². The molecule has 144 valence electrons. The van der Waals surface area contributed by atoms with Gasteiger partial charge >= 0.3 is 0 Å². The highest BCUT2D eigenvalue weighted by atomic mass is 19.1. The van der Waals surface area contributed by atoms with Gasteiger partial charge in [0.25, 0.3) is 5.91 Å². The second kappa shape index (κ2) is 6.00. The van der Waals surface area contributed by atoms with Gasteiger partial charge in [0.2, 0.25) is 5.95 Å². The summed E-state index contributed by atoms with van der Waals surface area (Å²) in [5, 5.41) is 0. The summed E-state index contributed by atoms with van der Waals surface area (Å²) >= 11 is 0. The van der Waals surface area contributed by atoms with Crippen molar-refractivity contribution >= 4 is 11.9 Å². The molecule has 3 aliphatic heterocycles. The number of halogens is 1. The van der Waals surface area contributed by atoms with E-state index < -0.39 is 11.5 Å². The van der Waals surface area contributed by atoms with E-state index in [1.165, 1.54) is 11.1 Å². The highest BCUT2D eigenvalue weighted by Crippen LogP contribution is 2.51. The molecule has 7 nitrogen and oxygen atoms in total. The minimum absolute atomic E-state index is 0.153. The van der Waals surface area contributed by atoms with Crippen molar-refractivity contribution in [2.24, 2.45) is 16.6 Å². The largest absolute Gasteiger partial charge is 0.489 e. The number of hydrogen-bond donors (Lipinski definition) is 1. The number of likely N-dealkylation sites (N-methyl/N-ethyl adjacent to an activating group) is 1. The quantitative estimate of drug-likeness (QED) is 0.758.